The van der Waals surface area contributed by atoms with Crippen LogP contribution in [0.5, 0.6) is 0 Å². The Hall–Kier alpha value is -0.900. The molecule has 0 saturated heterocycles. The van der Waals surface area contributed by atoms with E-state index >= 15 is 0 Å². The first-order valence-corrected chi connectivity index (χ1v) is 7.06. The quantitative estimate of drug-likeness (QED) is 0.838. The van der Waals surface area contributed by atoms with Gasteiger partial charge in [-0.1, -0.05) is 15.9 Å². The second-order valence-electron chi connectivity index (χ2n) is 3.33. The molecule has 0 atom stereocenters. The van der Waals surface area contributed by atoms with E-state index < -0.39 is 0 Å². The molecule has 17 heavy (non-hydrogen) atoms. The van der Waals surface area contributed by atoms with E-state index in [0.29, 0.717) is 5.56 Å². The van der Waals surface area contributed by atoms with Crippen LogP contribution in [0.4, 0.5) is 10.7 Å². The Kier molecular flexibility index (Phi) is 3.82. The fraction of sp³-hybridized carbons (Fsp3) is 0.0909. The van der Waals surface area contributed by atoms with E-state index in [-0.39, 0.29) is 0 Å². The number of aromatic nitrogens is 1. The summed E-state index contributed by atoms with van der Waals surface area (Å²) in [4.78, 5) is 0. The van der Waals surface area contributed by atoms with Gasteiger partial charge in [-0.2, -0.15) is 9.64 Å². The van der Waals surface area contributed by atoms with Crippen LogP contribution in [-0.2, 0) is 0 Å². The van der Waals surface area contributed by atoms with Crippen LogP contribution in [0.25, 0.3) is 0 Å². The maximum absolute atomic E-state index is 9.04. The Labute approximate surface area is 120 Å². The van der Waals surface area contributed by atoms with Crippen molar-refractivity contribution in [3.8, 4) is 6.07 Å². The third-order valence-corrected chi connectivity index (χ3v) is 4.16. The zero-order valence-corrected chi connectivity index (χ0v) is 12.8. The van der Waals surface area contributed by atoms with Gasteiger partial charge in [0.1, 0.15) is 16.6 Å². The lowest BCUT2D eigenvalue weighted by Gasteiger charge is -2.06. The van der Waals surface area contributed by atoms with Crippen molar-refractivity contribution in [2.75, 3.05) is 5.32 Å². The van der Waals surface area contributed by atoms with E-state index in [1.165, 1.54) is 11.5 Å². The van der Waals surface area contributed by atoms with Gasteiger partial charge >= 0.3 is 0 Å². The Morgan fingerprint density at radius 1 is 1.41 bits per heavy atom. The number of anilines is 2. The molecule has 3 nitrogen and oxygen atoms in total. The highest BCUT2D eigenvalue weighted by Crippen LogP contribution is 2.32. The Balaban J connectivity index is 2.35. The van der Waals surface area contributed by atoms with Crippen molar-refractivity contribution < 1.29 is 0 Å². The molecule has 1 aromatic heterocycles. The van der Waals surface area contributed by atoms with Crippen LogP contribution >= 0.6 is 43.4 Å². The van der Waals surface area contributed by atoms with Gasteiger partial charge in [0, 0.05) is 8.95 Å². The molecule has 1 heterocycles. The number of aryl methyl sites for hydroxylation is 1. The molecule has 0 saturated carbocycles. The van der Waals surface area contributed by atoms with Crippen LogP contribution in [0.1, 0.15) is 11.3 Å². The maximum atomic E-state index is 9.04. The normalized spacial score (nSPS) is 10.0. The molecule has 0 aliphatic heterocycles. The maximum Gasteiger partial charge on any atom is 0.132 e. The second-order valence-corrected chi connectivity index (χ2v) is 5.88. The van der Waals surface area contributed by atoms with E-state index in [4.69, 9.17) is 5.26 Å². The van der Waals surface area contributed by atoms with E-state index in [2.05, 4.69) is 47.6 Å². The molecule has 86 valence electrons. The van der Waals surface area contributed by atoms with Crippen molar-refractivity contribution in [3.05, 3.63) is 38.4 Å². The highest BCUT2D eigenvalue weighted by atomic mass is 79.9. The fourth-order valence-corrected chi connectivity index (χ4v) is 3.21. The molecule has 0 aliphatic carbocycles. The molecule has 0 aliphatic rings. The van der Waals surface area contributed by atoms with Crippen molar-refractivity contribution >= 4 is 54.1 Å². The summed E-state index contributed by atoms with van der Waals surface area (Å²) < 4.78 is 6.09. The molecule has 2 aromatic rings. The van der Waals surface area contributed by atoms with Gasteiger partial charge in [-0.3, -0.25) is 0 Å². The van der Waals surface area contributed by atoms with E-state index in [9.17, 15) is 0 Å². The van der Waals surface area contributed by atoms with E-state index in [1.807, 2.05) is 25.1 Å². The van der Waals surface area contributed by atoms with E-state index in [1.54, 1.807) is 0 Å². The van der Waals surface area contributed by atoms with Crippen molar-refractivity contribution in [1.82, 2.24) is 4.37 Å². The molecule has 0 radical (unpaired) electrons. The molecular weight excluding hydrogens is 366 g/mol. The summed E-state index contributed by atoms with van der Waals surface area (Å²) in [5, 5.41) is 13.0. The second kappa shape index (κ2) is 5.17. The number of hydrogen-bond donors (Lipinski definition) is 1. The van der Waals surface area contributed by atoms with Crippen molar-refractivity contribution in [2.24, 2.45) is 0 Å². The predicted molar refractivity (Wildman–Crippen MR) is 76.7 cm³/mol. The van der Waals surface area contributed by atoms with Crippen LogP contribution in [-0.4, -0.2) is 4.37 Å². The molecule has 0 amide bonds. The first kappa shape index (κ1) is 12.6. The molecule has 0 unspecified atom stereocenters. The van der Waals surface area contributed by atoms with Gasteiger partial charge in [0.25, 0.3) is 0 Å². The monoisotopic (exact) mass is 371 g/mol. The van der Waals surface area contributed by atoms with Crippen LogP contribution in [0, 0.1) is 18.3 Å². The van der Waals surface area contributed by atoms with Gasteiger partial charge in [0.15, 0.2) is 0 Å². The smallest absolute Gasteiger partial charge is 0.132 e. The Bertz CT molecular complexity index is 601. The lowest BCUT2D eigenvalue weighted by atomic mass is 10.2. The minimum atomic E-state index is 0.602. The standard InChI is InChI=1S/C11H7Br2N3S/c1-6-8(5-14)11(17-16-6)15-10-3-2-7(12)4-9(10)13/h2-4,15H,1H3. The third kappa shape index (κ3) is 2.68. The number of rotatable bonds is 2. The molecule has 1 N–H and O–H groups in total. The zero-order chi connectivity index (χ0) is 12.4. The minimum Gasteiger partial charge on any atom is -0.344 e. The van der Waals surface area contributed by atoms with Crippen LogP contribution in [0.2, 0.25) is 0 Å². The van der Waals surface area contributed by atoms with Crippen LogP contribution < -0.4 is 5.32 Å². The highest BCUT2D eigenvalue weighted by molar-refractivity contribution is 9.11. The number of nitriles is 1. The van der Waals surface area contributed by atoms with Crippen LogP contribution in [0.15, 0.2) is 27.1 Å². The summed E-state index contributed by atoms with van der Waals surface area (Å²) in [6.07, 6.45) is 0. The fourth-order valence-electron chi connectivity index (χ4n) is 1.30. The SMILES string of the molecule is Cc1nsc(Nc2ccc(Br)cc2Br)c1C#N. The lowest BCUT2D eigenvalue weighted by molar-refractivity contribution is 1.31. The van der Waals surface area contributed by atoms with Crippen molar-refractivity contribution in [2.45, 2.75) is 6.92 Å². The predicted octanol–water partition coefficient (Wildman–Crippen LogP) is 4.59. The minimum absolute atomic E-state index is 0.602. The molecule has 1 aromatic carbocycles. The first-order chi connectivity index (χ1) is 8.11. The number of nitrogens with one attached hydrogen (secondary N) is 1. The van der Waals surface area contributed by atoms with Gasteiger partial charge in [-0.25, -0.2) is 0 Å². The summed E-state index contributed by atoms with van der Waals surface area (Å²) in [5.74, 6) is 0. The topological polar surface area (TPSA) is 48.7 Å². The average molecular weight is 373 g/mol. The number of halogens is 2. The largest absolute Gasteiger partial charge is 0.344 e. The first-order valence-electron chi connectivity index (χ1n) is 4.70. The lowest BCUT2D eigenvalue weighted by Crippen LogP contribution is -1.91. The third-order valence-electron chi connectivity index (χ3n) is 2.15. The molecule has 2 rings (SSSR count). The molecule has 6 heteroatoms. The van der Waals surface area contributed by atoms with Gasteiger partial charge in [0.05, 0.1) is 11.4 Å². The van der Waals surface area contributed by atoms with Crippen molar-refractivity contribution in [3.63, 3.8) is 0 Å². The van der Waals surface area contributed by atoms with Crippen LogP contribution in [0.3, 0.4) is 0 Å². The van der Waals surface area contributed by atoms with Gasteiger partial charge in [-0.15, -0.1) is 0 Å². The molecule has 0 spiro atoms. The summed E-state index contributed by atoms with van der Waals surface area (Å²) in [6, 6.07) is 7.97. The van der Waals surface area contributed by atoms with E-state index in [0.717, 1.165) is 25.3 Å². The number of benzene rings is 1. The molecule has 0 fully saturated rings. The summed E-state index contributed by atoms with van der Waals surface area (Å²) in [6.45, 7) is 1.83. The summed E-state index contributed by atoms with van der Waals surface area (Å²) >= 11 is 8.15. The zero-order valence-electron chi connectivity index (χ0n) is 8.79. The van der Waals surface area contributed by atoms with Crippen molar-refractivity contribution in [1.29, 1.82) is 5.26 Å². The number of nitrogens with zero attached hydrogens (tertiary/aromatic N) is 2. The van der Waals surface area contributed by atoms with Gasteiger partial charge in [-0.05, 0) is 52.6 Å². The molecule has 0 bridgehead atoms. The average Bonchev–Trinajstić information content (AvgIpc) is 2.63. The number of hydrogen-bond acceptors (Lipinski definition) is 4. The van der Waals surface area contributed by atoms with Gasteiger partial charge < -0.3 is 5.32 Å². The summed E-state index contributed by atoms with van der Waals surface area (Å²) in [5.41, 5.74) is 2.27. The Morgan fingerprint density at radius 3 is 2.82 bits per heavy atom. The highest BCUT2D eigenvalue weighted by Gasteiger charge is 2.11. The van der Waals surface area contributed by atoms with Gasteiger partial charge in [0.2, 0.25) is 0 Å². The Morgan fingerprint density at radius 2 is 2.18 bits per heavy atom. The summed E-state index contributed by atoms with van der Waals surface area (Å²) in [7, 11) is 0. The molecular formula is C11H7Br2N3S.